The summed E-state index contributed by atoms with van der Waals surface area (Å²) in [6.07, 6.45) is 5.16. The van der Waals surface area contributed by atoms with E-state index in [1.54, 1.807) is 0 Å². The number of nitrogens with zero attached hydrogens (tertiary/aromatic N) is 7. The van der Waals surface area contributed by atoms with Crippen LogP contribution in [-0.4, -0.2) is 101 Å². The number of nitrogen functional groups attached to an aromatic ring is 1. The highest BCUT2D eigenvalue weighted by Gasteiger charge is 2.57. The Balaban J connectivity index is 0.00000267. The predicted octanol–water partition coefficient (Wildman–Crippen LogP) is -0.869. The van der Waals surface area contributed by atoms with Crippen molar-refractivity contribution >= 4 is 88.3 Å². The number of terminal acetylenes is 1. The third-order valence-corrected chi connectivity index (χ3v) is 8.99. The van der Waals surface area contributed by atoms with Crippen molar-refractivity contribution in [3.8, 4) is 12.3 Å². The molecule has 39 heavy (non-hydrogen) atoms. The molecule has 2 aliphatic rings. The molecule has 4 heterocycles. The van der Waals surface area contributed by atoms with Crippen LogP contribution in [0.3, 0.4) is 0 Å². The van der Waals surface area contributed by atoms with Gasteiger partial charge in [-0.25, -0.2) is 9.67 Å². The lowest BCUT2D eigenvalue weighted by molar-refractivity contribution is -0.157. The number of oxime groups is 1. The Morgan fingerprint density at radius 3 is 2.85 bits per heavy atom. The van der Waals surface area contributed by atoms with Gasteiger partial charge in [0.1, 0.15) is 22.5 Å². The quantitative estimate of drug-likeness (QED) is 0.0588. The third-order valence-electron chi connectivity index (χ3n) is 5.49. The summed E-state index contributed by atoms with van der Waals surface area (Å²) >= 11 is 3.57. The topological polar surface area (TPSA) is 217 Å². The standard InChI is InChI=1S/C19H22N10O5S3.2ClH/c1-2-5-34-25-11(10-6-35-17(21)22-10)13(30)23-12-14(31)28-7-19(16(32)33,8-36-15(12)28)9-37-18-24-26-27-29(18)4-3-20;;/h1,6,12,15H,3-5,7-9,20H2,(H2,21,22)(H,23,30)(H,32,33);2*1H/t12?,15-,19?;;/m1../s1. The molecule has 0 aromatic carbocycles. The number of β-lactam (4-membered cyclic amide) rings is 1. The Labute approximate surface area is 247 Å². The zero-order valence-corrected chi connectivity index (χ0v) is 24.0. The zero-order chi connectivity index (χ0) is 26.6. The summed E-state index contributed by atoms with van der Waals surface area (Å²) in [6.45, 7) is 0.531. The van der Waals surface area contributed by atoms with Crippen molar-refractivity contribution < 1.29 is 24.3 Å². The predicted molar refractivity (Wildman–Crippen MR) is 150 cm³/mol. The smallest absolute Gasteiger partial charge is 0.313 e. The summed E-state index contributed by atoms with van der Waals surface area (Å²) < 4.78 is 1.50. The van der Waals surface area contributed by atoms with E-state index in [9.17, 15) is 19.5 Å². The van der Waals surface area contributed by atoms with Crippen molar-refractivity contribution in [3.05, 3.63) is 11.1 Å². The van der Waals surface area contributed by atoms with Gasteiger partial charge in [-0.1, -0.05) is 22.8 Å². The number of tetrazole rings is 1. The van der Waals surface area contributed by atoms with Crippen molar-refractivity contribution in [1.29, 1.82) is 0 Å². The van der Waals surface area contributed by atoms with Crippen molar-refractivity contribution in [1.82, 2.24) is 35.4 Å². The molecule has 4 rings (SSSR count). The van der Waals surface area contributed by atoms with Gasteiger partial charge in [-0.3, -0.25) is 14.4 Å². The molecule has 0 spiro atoms. The number of fused-ring (bicyclic) bond motifs is 1. The number of halogens is 2. The first kappa shape index (κ1) is 32.4. The Hall–Kier alpha value is -2.82. The second-order valence-electron chi connectivity index (χ2n) is 7.95. The van der Waals surface area contributed by atoms with E-state index in [0.29, 0.717) is 18.2 Å². The maximum Gasteiger partial charge on any atom is 0.313 e. The van der Waals surface area contributed by atoms with E-state index in [-0.39, 0.29) is 66.0 Å². The van der Waals surface area contributed by atoms with E-state index in [2.05, 4.69) is 36.9 Å². The fourth-order valence-electron chi connectivity index (χ4n) is 3.62. The SMILES string of the molecule is C#CCON=C(C(=O)NC1C(=O)N2CC(CSc3nnnn3CCN)(C(=O)O)CS[C@H]12)c1csc(N)n1.Cl.Cl. The minimum atomic E-state index is -1.23. The molecule has 2 saturated heterocycles. The molecule has 2 aliphatic heterocycles. The van der Waals surface area contributed by atoms with E-state index in [0.717, 1.165) is 11.3 Å². The number of rotatable bonds is 11. The first-order chi connectivity index (χ1) is 17.8. The number of amides is 2. The highest BCUT2D eigenvalue weighted by Crippen LogP contribution is 2.44. The minimum Gasteiger partial charge on any atom is -0.481 e. The number of aromatic nitrogens is 5. The van der Waals surface area contributed by atoms with Crippen LogP contribution in [0.25, 0.3) is 0 Å². The van der Waals surface area contributed by atoms with Gasteiger partial charge in [0.05, 0.1) is 6.54 Å². The lowest BCUT2D eigenvalue weighted by Crippen LogP contribution is -2.74. The molecule has 20 heteroatoms. The van der Waals surface area contributed by atoms with Crippen molar-refractivity contribution in [2.45, 2.75) is 23.1 Å². The highest BCUT2D eigenvalue weighted by atomic mass is 35.5. The van der Waals surface area contributed by atoms with Crippen molar-refractivity contribution in [3.63, 3.8) is 0 Å². The summed E-state index contributed by atoms with van der Waals surface area (Å²) in [5.74, 6) is 0.450. The molecule has 2 unspecified atom stereocenters. The minimum absolute atomic E-state index is 0. The van der Waals surface area contributed by atoms with E-state index in [1.165, 1.54) is 38.5 Å². The molecule has 15 nitrogen and oxygen atoms in total. The van der Waals surface area contributed by atoms with Gasteiger partial charge in [-0.15, -0.1) is 59.4 Å². The number of carboxylic acid groups (broad SMARTS) is 1. The van der Waals surface area contributed by atoms with Crippen LogP contribution >= 0.6 is 59.7 Å². The van der Waals surface area contributed by atoms with E-state index < -0.39 is 34.6 Å². The first-order valence-corrected chi connectivity index (χ1v) is 13.6. The Bertz CT molecular complexity index is 1270. The van der Waals surface area contributed by atoms with Crippen LogP contribution < -0.4 is 16.8 Å². The second-order valence-corrected chi connectivity index (χ2v) is 10.9. The lowest BCUT2D eigenvalue weighted by Gasteiger charge is -2.53. The number of carbonyl (C=O) groups excluding carboxylic acids is 2. The molecule has 2 aromatic heterocycles. The van der Waals surface area contributed by atoms with Gasteiger partial charge >= 0.3 is 5.97 Å². The molecular formula is C19H24Cl2N10O5S3. The van der Waals surface area contributed by atoms with Gasteiger partial charge < -0.3 is 31.6 Å². The molecule has 3 atom stereocenters. The summed E-state index contributed by atoms with van der Waals surface area (Å²) in [5.41, 5.74) is 9.99. The second kappa shape index (κ2) is 14.0. The number of aliphatic carboxylic acids is 1. The Morgan fingerprint density at radius 2 is 2.21 bits per heavy atom. The summed E-state index contributed by atoms with van der Waals surface area (Å²) in [7, 11) is 0. The van der Waals surface area contributed by atoms with Crippen LogP contribution in [0.15, 0.2) is 15.7 Å². The van der Waals surface area contributed by atoms with Crippen LogP contribution in [0.2, 0.25) is 0 Å². The van der Waals surface area contributed by atoms with Gasteiger partial charge in [0.25, 0.3) is 5.91 Å². The van der Waals surface area contributed by atoms with Gasteiger partial charge in [0, 0.05) is 30.0 Å². The molecule has 0 radical (unpaired) electrons. The molecule has 0 bridgehead atoms. The number of nitrogens with two attached hydrogens (primary N) is 2. The van der Waals surface area contributed by atoms with Gasteiger partial charge in [-0.05, 0) is 10.4 Å². The maximum absolute atomic E-state index is 13.0. The van der Waals surface area contributed by atoms with Gasteiger partial charge in [0.2, 0.25) is 11.1 Å². The Morgan fingerprint density at radius 1 is 1.44 bits per heavy atom. The van der Waals surface area contributed by atoms with Crippen molar-refractivity contribution in [2.24, 2.45) is 16.3 Å². The number of carbonyl (C=O) groups is 3. The number of thioether (sulfide) groups is 2. The molecule has 2 amide bonds. The first-order valence-electron chi connectivity index (χ1n) is 10.7. The highest BCUT2D eigenvalue weighted by molar-refractivity contribution is 8.00. The summed E-state index contributed by atoms with van der Waals surface area (Å²) in [5, 5.41) is 29.6. The largest absolute Gasteiger partial charge is 0.481 e. The molecule has 0 aliphatic carbocycles. The number of hydrogen-bond donors (Lipinski definition) is 4. The van der Waals surface area contributed by atoms with Crippen LogP contribution in [0.4, 0.5) is 5.13 Å². The molecule has 2 fully saturated rings. The molecule has 6 N–H and O–H groups in total. The number of nitrogens with one attached hydrogen (secondary N) is 1. The fourth-order valence-corrected chi connectivity index (χ4v) is 6.93. The Kier molecular flexibility index (Phi) is 11.6. The van der Waals surface area contributed by atoms with Crippen LogP contribution in [0.1, 0.15) is 5.69 Å². The molecule has 2 aromatic rings. The number of anilines is 1. The average molecular weight is 640 g/mol. The van der Waals surface area contributed by atoms with Crippen LogP contribution in [-0.2, 0) is 25.8 Å². The molecular weight excluding hydrogens is 615 g/mol. The van der Waals surface area contributed by atoms with Gasteiger partial charge in [-0.2, -0.15) is 0 Å². The van der Waals surface area contributed by atoms with E-state index in [1.807, 2.05) is 0 Å². The molecule has 0 saturated carbocycles. The molecule has 212 valence electrons. The fraction of sp³-hybridized carbons (Fsp3) is 0.474. The average Bonchev–Trinajstić information content (AvgIpc) is 3.52. The van der Waals surface area contributed by atoms with Crippen molar-refractivity contribution in [2.75, 3.05) is 36.9 Å². The van der Waals surface area contributed by atoms with E-state index >= 15 is 0 Å². The summed E-state index contributed by atoms with van der Waals surface area (Å²) in [6, 6.07) is -0.873. The van der Waals surface area contributed by atoms with Crippen LogP contribution in [0.5, 0.6) is 0 Å². The maximum atomic E-state index is 13.0. The summed E-state index contributed by atoms with van der Waals surface area (Å²) in [4.78, 5) is 48.7. The van der Waals surface area contributed by atoms with E-state index in [4.69, 9.17) is 22.7 Å². The van der Waals surface area contributed by atoms with Gasteiger partial charge in [0.15, 0.2) is 17.5 Å². The number of carboxylic acids is 1. The number of thiazole rings is 1. The lowest BCUT2D eigenvalue weighted by atomic mass is 9.89. The van der Waals surface area contributed by atoms with Crippen LogP contribution in [0, 0.1) is 17.8 Å². The third kappa shape index (κ3) is 6.85. The normalized spacial score (nSPS) is 21.9. The monoisotopic (exact) mass is 638 g/mol. The zero-order valence-electron chi connectivity index (χ0n) is 20.0. The number of hydrogen-bond acceptors (Lipinski definition) is 14.